The van der Waals surface area contributed by atoms with Crippen LogP contribution in [0.3, 0.4) is 0 Å². The number of pyridine rings is 1. The summed E-state index contributed by atoms with van der Waals surface area (Å²) in [6.07, 6.45) is 4.49. The van der Waals surface area contributed by atoms with E-state index in [9.17, 15) is 10.0 Å². The summed E-state index contributed by atoms with van der Waals surface area (Å²) in [5, 5.41) is 17.7. The Morgan fingerprint density at radius 1 is 1.16 bits per heavy atom. The van der Waals surface area contributed by atoms with Crippen LogP contribution < -0.4 is 15.4 Å². The fraction of sp³-hybridized carbons (Fsp3) is 0.0833. The number of benzene rings is 2. The number of amides is 1. The van der Waals surface area contributed by atoms with Gasteiger partial charge in [0.05, 0.1) is 11.3 Å². The first-order valence-electron chi connectivity index (χ1n) is 9.88. The Morgan fingerprint density at radius 3 is 2.72 bits per heavy atom. The minimum absolute atomic E-state index is 0.214. The lowest BCUT2D eigenvalue weighted by molar-refractivity contribution is -0.604. The van der Waals surface area contributed by atoms with E-state index in [1.54, 1.807) is 30.5 Å². The van der Waals surface area contributed by atoms with E-state index in [0.717, 1.165) is 21.5 Å². The predicted molar refractivity (Wildman–Crippen MR) is 125 cm³/mol. The van der Waals surface area contributed by atoms with Crippen molar-refractivity contribution in [2.24, 2.45) is 0 Å². The number of carbonyl (C=O) groups is 1. The van der Waals surface area contributed by atoms with Gasteiger partial charge in [0.2, 0.25) is 5.95 Å². The van der Waals surface area contributed by atoms with Gasteiger partial charge in [-0.15, -0.1) is 11.6 Å². The Morgan fingerprint density at radius 2 is 1.97 bits per heavy atom. The van der Waals surface area contributed by atoms with E-state index < -0.39 is 0 Å². The minimum Gasteiger partial charge on any atom is -0.619 e. The van der Waals surface area contributed by atoms with Crippen molar-refractivity contribution in [3.05, 3.63) is 101 Å². The number of nitrogens with zero attached hydrogens (tertiary/aromatic N) is 3. The van der Waals surface area contributed by atoms with E-state index in [-0.39, 0.29) is 5.91 Å². The van der Waals surface area contributed by atoms with Gasteiger partial charge in [-0.1, -0.05) is 18.2 Å². The molecule has 7 nitrogen and oxygen atoms in total. The Bertz CT molecular complexity index is 1260. The maximum atomic E-state index is 12.6. The molecule has 160 valence electrons. The zero-order valence-electron chi connectivity index (χ0n) is 17.2. The van der Waals surface area contributed by atoms with Gasteiger partial charge in [-0.2, -0.15) is 4.73 Å². The van der Waals surface area contributed by atoms with Crippen molar-refractivity contribution in [3.8, 4) is 11.3 Å². The van der Waals surface area contributed by atoms with Gasteiger partial charge in [-0.05, 0) is 54.4 Å². The van der Waals surface area contributed by atoms with Crippen LogP contribution in [0.25, 0.3) is 11.3 Å². The molecule has 0 radical (unpaired) electrons. The molecule has 0 bridgehead atoms. The Kier molecular flexibility index (Phi) is 6.28. The number of hydrogen-bond donors (Lipinski definition) is 2. The highest BCUT2D eigenvalue weighted by Gasteiger charge is 2.10. The Labute approximate surface area is 190 Å². The standard InChI is InChI=1S/C24H20ClN5O2/c1-16-4-9-20(27-23(31)18-7-5-17(14-25)6-8-18)13-22(16)29-24-26-11-10-21(28-24)19-3-2-12-30(32)15-19/h2-13,15H,14H2,1H3,(H,27,31)(H,26,28,29)/i15+2. The number of alkyl halides is 1. The number of rotatable bonds is 6. The Balaban J connectivity index is 1.53. The number of nitrogens with one attached hydrogen (secondary N) is 2. The van der Waals surface area contributed by atoms with Crippen molar-refractivity contribution in [3.63, 3.8) is 0 Å². The molecule has 0 saturated carbocycles. The molecular formula is C24H20ClN5O2. The van der Waals surface area contributed by atoms with E-state index in [4.69, 9.17) is 11.6 Å². The summed E-state index contributed by atoms with van der Waals surface area (Å²) in [5.74, 6) is 0.570. The quantitative estimate of drug-likeness (QED) is 0.251. The summed E-state index contributed by atoms with van der Waals surface area (Å²) >= 11 is 5.81. The number of anilines is 3. The van der Waals surface area contributed by atoms with Gasteiger partial charge in [-0.3, -0.25) is 4.79 Å². The van der Waals surface area contributed by atoms with E-state index >= 15 is 0 Å². The van der Waals surface area contributed by atoms with E-state index in [2.05, 4.69) is 20.6 Å². The highest BCUT2D eigenvalue weighted by molar-refractivity contribution is 6.17. The molecule has 0 atom stereocenters. The molecule has 2 N–H and O–H groups in total. The molecule has 2 heterocycles. The van der Waals surface area contributed by atoms with Crippen molar-refractivity contribution < 1.29 is 9.52 Å². The van der Waals surface area contributed by atoms with Crippen molar-refractivity contribution in [1.29, 1.82) is 0 Å². The molecule has 0 saturated heterocycles. The van der Waals surface area contributed by atoms with E-state index in [1.807, 2.05) is 43.3 Å². The molecule has 32 heavy (non-hydrogen) atoms. The van der Waals surface area contributed by atoms with Crippen molar-refractivity contribution in [1.82, 2.24) is 9.97 Å². The SMILES string of the molecule is Cc1ccc(NC(=O)c2ccc(CCl)cc2)cc1Nc1nccc(-c2ccc[n+]([O-])[14cH]2)n1. The molecule has 0 fully saturated rings. The van der Waals surface area contributed by atoms with Gasteiger partial charge in [0.15, 0.2) is 12.4 Å². The molecule has 0 aliphatic carbocycles. The molecule has 0 aliphatic rings. The third-order valence-corrected chi connectivity index (χ3v) is 5.15. The average Bonchev–Trinajstić information content (AvgIpc) is 2.81. The molecule has 0 spiro atoms. The molecule has 0 aliphatic heterocycles. The van der Waals surface area contributed by atoms with Gasteiger partial charge < -0.3 is 15.8 Å². The summed E-state index contributed by atoms with van der Waals surface area (Å²) in [6, 6.07) is 17.9. The largest absolute Gasteiger partial charge is 0.619 e. The fourth-order valence-electron chi connectivity index (χ4n) is 3.09. The van der Waals surface area contributed by atoms with Crippen molar-refractivity contribution in [2.75, 3.05) is 10.6 Å². The summed E-state index contributed by atoms with van der Waals surface area (Å²) in [4.78, 5) is 21.4. The smallest absolute Gasteiger partial charge is 0.255 e. The number of aryl methyl sites for hydroxylation is 1. The van der Waals surface area contributed by atoms with Crippen LogP contribution in [-0.2, 0) is 5.88 Å². The Hall–Kier alpha value is -3.97. The van der Waals surface area contributed by atoms with E-state index in [0.29, 0.717) is 34.3 Å². The van der Waals surface area contributed by atoms with Gasteiger partial charge in [0.1, 0.15) is 0 Å². The molecule has 2 aromatic heterocycles. The van der Waals surface area contributed by atoms with Crippen molar-refractivity contribution in [2.45, 2.75) is 12.8 Å². The summed E-state index contributed by atoms with van der Waals surface area (Å²) in [5.41, 5.74) is 5.15. The summed E-state index contributed by atoms with van der Waals surface area (Å²) in [7, 11) is 0. The van der Waals surface area contributed by atoms with Crippen LogP contribution in [0.15, 0.2) is 79.3 Å². The minimum atomic E-state index is -0.214. The van der Waals surface area contributed by atoms with Crippen LogP contribution in [0.1, 0.15) is 21.5 Å². The molecular weight excluding hydrogens is 428 g/mol. The second-order valence-electron chi connectivity index (χ2n) is 7.16. The van der Waals surface area contributed by atoms with Gasteiger partial charge in [-0.25, -0.2) is 9.97 Å². The lowest BCUT2D eigenvalue weighted by atomic mass is 10.1. The van der Waals surface area contributed by atoms with Gasteiger partial charge >= 0.3 is 0 Å². The number of hydrogen-bond acceptors (Lipinski definition) is 5. The molecule has 8 heteroatoms. The molecule has 1 amide bonds. The fourth-order valence-corrected chi connectivity index (χ4v) is 3.27. The lowest BCUT2D eigenvalue weighted by Crippen LogP contribution is -2.24. The molecule has 4 rings (SSSR count). The monoisotopic (exact) mass is 447 g/mol. The lowest BCUT2D eigenvalue weighted by Gasteiger charge is -2.12. The average molecular weight is 448 g/mol. The van der Waals surface area contributed by atoms with Crippen LogP contribution in [-0.4, -0.2) is 15.9 Å². The van der Waals surface area contributed by atoms with Crippen LogP contribution in [0.4, 0.5) is 17.3 Å². The number of halogens is 1. The molecule has 4 aromatic rings. The topological polar surface area (TPSA) is 93.9 Å². The first-order chi connectivity index (χ1) is 15.5. The van der Waals surface area contributed by atoms with Crippen LogP contribution in [0.2, 0.25) is 0 Å². The second-order valence-corrected chi connectivity index (χ2v) is 7.42. The zero-order valence-corrected chi connectivity index (χ0v) is 18.0. The molecule has 2 aromatic carbocycles. The maximum absolute atomic E-state index is 12.6. The number of aromatic nitrogens is 3. The third-order valence-electron chi connectivity index (χ3n) is 4.84. The molecule has 0 unspecified atom stereocenters. The predicted octanol–water partition coefficient (Wildman–Crippen LogP) is 4.82. The first-order valence-corrected chi connectivity index (χ1v) is 10.4. The number of carbonyl (C=O) groups excluding carboxylic acids is 1. The summed E-state index contributed by atoms with van der Waals surface area (Å²) in [6.45, 7) is 1.94. The van der Waals surface area contributed by atoms with E-state index in [1.165, 1.54) is 12.4 Å². The third kappa shape index (κ3) is 5.01. The van der Waals surface area contributed by atoms with Crippen LogP contribution in [0, 0.1) is 12.1 Å². The van der Waals surface area contributed by atoms with Crippen LogP contribution in [0.5, 0.6) is 0 Å². The highest BCUT2D eigenvalue weighted by atomic mass is 35.5. The summed E-state index contributed by atoms with van der Waals surface area (Å²) < 4.78 is 0.726. The second kappa shape index (κ2) is 9.45. The normalized spacial score (nSPS) is 10.6. The zero-order chi connectivity index (χ0) is 22.5. The van der Waals surface area contributed by atoms with Gasteiger partial charge in [0, 0.05) is 35.1 Å². The van der Waals surface area contributed by atoms with Crippen molar-refractivity contribution >= 4 is 34.8 Å². The first kappa shape index (κ1) is 21.3. The highest BCUT2D eigenvalue weighted by Crippen LogP contribution is 2.24. The van der Waals surface area contributed by atoms with Crippen LogP contribution >= 0.6 is 11.6 Å². The van der Waals surface area contributed by atoms with Gasteiger partial charge in [0.25, 0.3) is 5.91 Å². The maximum Gasteiger partial charge on any atom is 0.255 e.